The number of aryl methyl sites for hydroxylation is 2. The van der Waals surface area contributed by atoms with Gasteiger partial charge < -0.3 is 5.32 Å². The Morgan fingerprint density at radius 2 is 1.96 bits per heavy atom. The lowest BCUT2D eigenvalue weighted by molar-refractivity contribution is -0.120. The summed E-state index contributed by atoms with van der Waals surface area (Å²) in [6.07, 6.45) is 2.09. The van der Waals surface area contributed by atoms with Gasteiger partial charge in [-0.15, -0.1) is 0 Å². The minimum Gasteiger partial charge on any atom is -0.352 e. The zero-order valence-corrected chi connectivity index (χ0v) is 17.0. The van der Waals surface area contributed by atoms with E-state index in [0.29, 0.717) is 22.1 Å². The lowest BCUT2D eigenvalue weighted by atomic mass is 10.1. The Labute approximate surface area is 168 Å². The van der Waals surface area contributed by atoms with Crippen molar-refractivity contribution in [2.45, 2.75) is 50.1 Å². The summed E-state index contributed by atoms with van der Waals surface area (Å²) in [6, 6.07) is 13.6. The standard InChI is InChI=1S/C22H23N3O2S/c1-13-8-11-19(14(2)12-13)25-21(27)17-6-4-5-7-18(17)24-22(25)28-15(3)20(26)23-16-9-10-16/h4-8,11-12,15-16H,9-10H2,1-3H3,(H,23,26)/t15-/m1/s1. The van der Waals surface area contributed by atoms with E-state index in [1.54, 1.807) is 10.6 Å². The molecular weight excluding hydrogens is 370 g/mol. The molecule has 1 amide bonds. The van der Waals surface area contributed by atoms with Crippen molar-refractivity contribution in [2.75, 3.05) is 0 Å². The van der Waals surface area contributed by atoms with Crippen molar-refractivity contribution < 1.29 is 4.79 Å². The zero-order valence-electron chi connectivity index (χ0n) is 16.2. The van der Waals surface area contributed by atoms with E-state index >= 15 is 0 Å². The Balaban J connectivity index is 1.83. The van der Waals surface area contributed by atoms with Crippen molar-refractivity contribution in [3.05, 3.63) is 63.9 Å². The third kappa shape index (κ3) is 3.69. The summed E-state index contributed by atoms with van der Waals surface area (Å²) in [5.74, 6) is -0.0120. The second-order valence-corrected chi connectivity index (χ2v) is 8.69. The zero-order chi connectivity index (χ0) is 19.8. The summed E-state index contributed by atoms with van der Waals surface area (Å²) in [5.41, 5.74) is 3.46. The molecule has 5 nitrogen and oxygen atoms in total. The summed E-state index contributed by atoms with van der Waals surface area (Å²) in [5, 5.41) is 3.79. The van der Waals surface area contributed by atoms with Gasteiger partial charge in [0.1, 0.15) is 0 Å². The fourth-order valence-electron chi connectivity index (χ4n) is 3.22. The first-order valence-corrected chi connectivity index (χ1v) is 10.4. The molecule has 0 unspecified atom stereocenters. The van der Waals surface area contributed by atoms with Gasteiger partial charge in [-0.25, -0.2) is 4.98 Å². The average molecular weight is 394 g/mol. The lowest BCUT2D eigenvalue weighted by Crippen LogP contribution is -2.33. The van der Waals surface area contributed by atoms with E-state index in [2.05, 4.69) is 11.4 Å². The highest BCUT2D eigenvalue weighted by atomic mass is 32.2. The molecule has 0 aliphatic heterocycles. The van der Waals surface area contributed by atoms with Gasteiger partial charge in [-0.3, -0.25) is 14.2 Å². The number of rotatable bonds is 5. The maximum Gasteiger partial charge on any atom is 0.266 e. The molecule has 1 heterocycles. The van der Waals surface area contributed by atoms with Crippen LogP contribution in [0.3, 0.4) is 0 Å². The summed E-state index contributed by atoms with van der Waals surface area (Å²) in [7, 11) is 0. The molecule has 0 saturated heterocycles. The highest BCUT2D eigenvalue weighted by Crippen LogP contribution is 2.27. The number of amides is 1. The Hall–Kier alpha value is -2.60. The SMILES string of the molecule is Cc1ccc(-n2c(S[C@H](C)C(=O)NC3CC3)nc3ccccc3c2=O)c(C)c1. The van der Waals surface area contributed by atoms with Crippen LogP contribution < -0.4 is 10.9 Å². The van der Waals surface area contributed by atoms with Gasteiger partial charge in [-0.05, 0) is 57.4 Å². The molecule has 0 spiro atoms. The van der Waals surface area contributed by atoms with Crippen LogP contribution in [0.5, 0.6) is 0 Å². The van der Waals surface area contributed by atoms with Crippen LogP contribution in [0.25, 0.3) is 16.6 Å². The van der Waals surface area contributed by atoms with Gasteiger partial charge in [0.25, 0.3) is 5.56 Å². The van der Waals surface area contributed by atoms with Crippen LogP contribution in [0.1, 0.15) is 30.9 Å². The number of hydrogen-bond donors (Lipinski definition) is 1. The third-order valence-electron chi connectivity index (χ3n) is 4.91. The molecule has 1 fully saturated rings. The van der Waals surface area contributed by atoms with Crippen LogP contribution in [0.4, 0.5) is 0 Å². The molecule has 144 valence electrons. The van der Waals surface area contributed by atoms with E-state index in [0.717, 1.165) is 29.7 Å². The minimum absolute atomic E-state index is 0.0120. The highest BCUT2D eigenvalue weighted by Gasteiger charge is 2.27. The lowest BCUT2D eigenvalue weighted by Gasteiger charge is -2.18. The number of nitrogens with zero attached hydrogens (tertiary/aromatic N) is 2. The molecule has 1 aliphatic rings. The maximum atomic E-state index is 13.3. The third-order valence-corrected chi connectivity index (χ3v) is 5.97. The van der Waals surface area contributed by atoms with E-state index in [9.17, 15) is 9.59 Å². The number of thioether (sulfide) groups is 1. The van der Waals surface area contributed by atoms with Gasteiger partial charge in [0, 0.05) is 6.04 Å². The summed E-state index contributed by atoms with van der Waals surface area (Å²) in [4.78, 5) is 30.5. The van der Waals surface area contributed by atoms with Gasteiger partial charge >= 0.3 is 0 Å². The summed E-state index contributed by atoms with van der Waals surface area (Å²) < 4.78 is 1.64. The van der Waals surface area contributed by atoms with Crippen LogP contribution in [0, 0.1) is 13.8 Å². The summed E-state index contributed by atoms with van der Waals surface area (Å²) in [6.45, 7) is 5.87. The van der Waals surface area contributed by atoms with E-state index in [-0.39, 0.29) is 16.7 Å². The van der Waals surface area contributed by atoms with Crippen molar-refractivity contribution >= 4 is 28.6 Å². The second kappa shape index (κ2) is 7.43. The Bertz CT molecular complexity index is 1120. The monoisotopic (exact) mass is 393 g/mol. The molecule has 1 aromatic heterocycles. The topological polar surface area (TPSA) is 64.0 Å². The van der Waals surface area contributed by atoms with Crippen LogP contribution >= 0.6 is 11.8 Å². The van der Waals surface area contributed by atoms with E-state index in [1.165, 1.54) is 11.8 Å². The van der Waals surface area contributed by atoms with Crippen molar-refractivity contribution in [3.63, 3.8) is 0 Å². The van der Waals surface area contributed by atoms with Crippen LogP contribution in [0.2, 0.25) is 0 Å². The van der Waals surface area contributed by atoms with Crippen molar-refractivity contribution in [2.24, 2.45) is 0 Å². The van der Waals surface area contributed by atoms with Gasteiger partial charge in [0.2, 0.25) is 5.91 Å². The van der Waals surface area contributed by atoms with Crippen LogP contribution in [-0.4, -0.2) is 26.8 Å². The molecule has 2 aromatic carbocycles. The predicted octanol–water partition coefficient (Wildman–Crippen LogP) is 3.76. The summed E-state index contributed by atoms with van der Waals surface area (Å²) >= 11 is 1.32. The predicted molar refractivity (Wildman–Crippen MR) is 113 cm³/mol. The number of carbonyl (C=O) groups is 1. The molecule has 4 rings (SSSR count). The normalized spacial score (nSPS) is 14.8. The van der Waals surface area contributed by atoms with E-state index in [1.807, 2.05) is 51.1 Å². The molecule has 0 bridgehead atoms. The fourth-order valence-corrected chi connectivity index (χ4v) is 4.15. The van der Waals surface area contributed by atoms with Gasteiger partial charge in [0.05, 0.1) is 21.8 Å². The molecule has 1 aliphatic carbocycles. The Morgan fingerprint density at radius 1 is 1.21 bits per heavy atom. The smallest absolute Gasteiger partial charge is 0.266 e. The van der Waals surface area contributed by atoms with Crippen molar-refractivity contribution in [1.29, 1.82) is 0 Å². The Kier molecular flexibility index (Phi) is 4.98. The van der Waals surface area contributed by atoms with Gasteiger partial charge in [-0.1, -0.05) is 41.6 Å². The maximum absolute atomic E-state index is 13.3. The van der Waals surface area contributed by atoms with Gasteiger partial charge in [-0.2, -0.15) is 0 Å². The second-order valence-electron chi connectivity index (χ2n) is 7.38. The van der Waals surface area contributed by atoms with Crippen LogP contribution in [0.15, 0.2) is 52.4 Å². The first kappa shape index (κ1) is 18.7. The minimum atomic E-state index is -0.342. The van der Waals surface area contributed by atoms with Gasteiger partial charge in [0.15, 0.2) is 5.16 Å². The number of carbonyl (C=O) groups excluding carboxylic acids is 1. The Morgan fingerprint density at radius 3 is 2.68 bits per heavy atom. The largest absolute Gasteiger partial charge is 0.352 e. The number of nitrogens with one attached hydrogen (secondary N) is 1. The molecule has 1 atom stereocenters. The van der Waals surface area contributed by atoms with E-state index in [4.69, 9.17) is 4.98 Å². The van der Waals surface area contributed by atoms with Crippen molar-refractivity contribution in [3.8, 4) is 5.69 Å². The number of para-hydroxylation sites is 1. The first-order chi connectivity index (χ1) is 13.4. The average Bonchev–Trinajstić information content (AvgIpc) is 3.47. The quantitative estimate of drug-likeness (QED) is 0.529. The molecule has 3 aromatic rings. The first-order valence-electron chi connectivity index (χ1n) is 9.50. The molecule has 1 saturated carbocycles. The van der Waals surface area contributed by atoms with Crippen molar-refractivity contribution in [1.82, 2.24) is 14.9 Å². The number of benzene rings is 2. The van der Waals surface area contributed by atoms with E-state index < -0.39 is 0 Å². The number of aromatic nitrogens is 2. The van der Waals surface area contributed by atoms with Crippen LogP contribution in [-0.2, 0) is 4.79 Å². The highest BCUT2D eigenvalue weighted by molar-refractivity contribution is 8.00. The fraction of sp³-hybridized carbons (Fsp3) is 0.318. The number of fused-ring (bicyclic) bond motifs is 1. The molecule has 1 N–H and O–H groups in total. The molecular formula is C22H23N3O2S. The molecule has 28 heavy (non-hydrogen) atoms. The number of hydrogen-bond acceptors (Lipinski definition) is 4. The molecule has 6 heteroatoms. The molecule has 0 radical (unpaired) electrons.